The van der Waals surface area contributed by atoms with E-state index in [1.54, 1.807) is 11.0 Å². The van der Waals surface area contributed by atoms with E-state index in [9.17, 15) is 0 Å². The molecular formula is C17H27IN6. The van der Waals surface area contributed by atoms with Crippen molar-refractivity contribution in [2.75, 3.05) is 13.1 Å². The van der Waals surface area contributed by atoms with Gasteiger partial charge < -0.3 is 10.6 Å². The van der Waals surface area contributed by atoms with Crippen molar-refractivity contribution in [1.82, 2.24) is 25.4 Å². The Hall–Kier alpha value is -1.64. The summed E-state index contributed by atoms with van der Waals surface area (Å²) >= 11 is 0. The molecule has 0 saturated carbocycles. The third kappa shape index (κ3) is 6.86. The van der Waals surface area contributed by atoms with E-state index in [-0.39, 0.29) is 24.0 Å². The summed E-state index contributed by atoms with van der Waals surface area (Å²) in [7, 11) is 0. The summed E-state index contributed by atoms with van der Waals surface area (Å²) in [5.74, 6) is 1.56. The van der Waals surface area contributed by atoms with Crippen molar-refractivity contribution in [1.29, 1.82) is 0 Å². The van der Waals surface area contributed by atoms with Gasteiger partial charge in [0, 0.05) is 13.1 Å². The van der Waals surface area contributed by atoms with Gasteiger partial charge in [0.05, 0.1) is 12.2 Å². The molecule has 0 fully saturated rings. The van der Waals surface area contributed by atoms with E-state index in [1.807, 2.05) is 12.1 Å². The number of halogens is 1. The molecule has 0 saturated heterocycles. The predicted octanol–water partition coefficient (Wildman–Crippen LogP) is 2.99. The third-order valence-electron chi connectivity index (χ3n) is 3.40. The Labute approximate surface area is 161 Å². The van der Waals surface area contributed by atoms with Gasteiger partial charge in [-0.15, -0.1) is 24.0 Å². The number of nitrogens with zero attached hydrogens (tertiary/aromatic N) is 4. The van der Waals surface area contributed by atoms with Crippen LogP contribution in [0.3, 0.4) is 0 Å². The van der Waals surface area contributed by atoms with Crippen LogP contribution < -0.4 is 10.6 Å². The molecule has 0 amide bonds. The van der Waals surface area contributed by atoms with Crippen LogP contribution in [0, 0.1) is 5.92 Å². The van der Waals surface area contributed by atoms with Crippen LogP contribution in [0.5, 0.6) is 0 Å². The summed E-state index contributed by atoms with van der Waals surface area (Å²) in [6, 6.07) is 8.19. The fourth-order valence-electron chi connectivity index (χ4n) is 2.09. The van der Waals surface area contributed by atoms with Crippen LogP contribution in [-0.4, -0.2) is 33.8 Å². The Morgan fingerprint density at radius 2 is 1.96 bits per heavy atom. The van der Waals surface area contributed by atoms with Crippen molar-refractivity contribution in [3.05, 3.63) is 42.5 Å². The summed E-state index contributed by atoms with van der Waals surface area (Å²) in [5, 5.41) is 10.8. The summed E-state index contributed by atoms with van der Waals surface area (Å²) in [6.45, 7) is 8.97. The Morgan fingerprint density at radius 3 is 2.54 bits per heavy atom. The van der Waals surface area contributed by atoms with E-state index in [4.69, 9.17) is 0 Å². The van der Waals surface area contributed by atoms with Crippen molar-refractivity contribution in [2.24, 2.45) is 10.9 Å². The number of nitrogens with one attached hydrogen (secondary N) is 2. The highest BCUT2D eigenvalue weighted by Gasteiger charge is 2.00. The van der Waals surface area contributed by atoms with E-state index >= 15 is 0 Å². The molecule has 1 aromatic carbocycles. The van der Waals surface area contributed by atoms with Crippen LogP contribution in [0.4, 0.5) is 0 Å². The molecule has 2 aromatic rings. The minimum absolute atomic E-state index is 0. The van der Waals surface area contributed by atoms with Crippen LogP contribution in [0.25, 0.3) is 5.69 Å². The smallest absolute Gasteiger partial charge is 0.191 e. The molecule has 0 atom stereocenters. The maximum atomic E-state index is 4.63. The highest BCUT2D eigenvalue weighted by atomic mass is 127. The fraction of sp³-hybridized carbons (Fsp3) is 0.471. The van der Waals surface area contributed by atoms with E-state index < -0.39 is 0 Å². The van der Waals surface area contributed by atoms with Crippen LogP contribution in [0.1, 0.15) is 32.8 Å². The van der Waals surface area contributed by atoms with Crippen molar-refractivity contribution in [2.45, 2.75) is 33.7 Å². The minimum Gasteiger partial charge on any atom is -0.357 e. The van der Waals surface area contributed by atoms with Gasteiger partial charge in [-0.3, -0.25) is 0 Å². The van der Waals surface area contributed by atoms with Crippen LogP contribution in [0.2, 0.25) is 0 Å². The highest BCUT2D eigenvalue weighted by Crippen LogP contribution is 2.08. The number of aromatic nitrogens is 3. The zero-order valence-corrected chi connectivity index (χ0v) is 16.9. The second kappa shape index (κ2) is 11.0. The molecule has 0 bridgehead atoms. The number of hydrogen-bond donors (Lipinski definition) is 2. The molecule has 24 heavy (non-hydrogen) atoms. The van der Waals surface area contributed by atoms with Gasteiger partial charge in [0.25, 0.3) is 0 Å². The van der Waals surface area contributed by atoms with Gasteiger partial charge in [0.2, 0.25) is 0 Å². The fourth-order valence-corrected chi connectivity index (χ4v) is 2.09. The van der Waals surface area contributed by atoms with Crippen molar-refractivity contribution in [3.63, 3.8) is 0 Å². The van der Waals surface area contributed by atoms with Crippen LogP contribution >= 0.6 is 24.0 Å². The summed E-state index contributed by atoms with van der Waals surface area (Å²) < 4.78 is 1.74. The Morgan fingerprint density at radius 1 is 1.21 bits per heavy atom. The number of hydrogen-bond acceptors (Lipinski definition) is 3. The number of benzene rings is 1. The largest absolute Gasteiger partial charge is 0.357 e. The molecule has 1 heterocycles. The first-order valence-corrected chi connectivity index (χ1v) is 8.15. The van der Waals surface area contributed by atoms with E-state index in [1.165, 1.54) is 6.33 Å². The average molecular weight is 442 g/mol. The summed E-state index contributed by atoms with van der Waals surface area (Å²) in [5.41, 5.74) is 2.16. The second-order valence-corrected chi connectivity index (χ2v) is 5.81. The lowest BCUT2D eigenvalue weighted by Crippen LogP contribution is -2.38. The number of aliphatic imine (C=N–C) groups is 1. The van der Waals surface area contributed by atoms with Crippen molar-refractivity contribution >= 4 is 29.9 Å². The van der Waals surface area contributed by atoms with E-state index in [0.29, 0.717) is 12.5 Å². The van der Waals surface area contributed by atoms with Crippen molar-refractivity contribution < 1.29 is 0 Å². The average Bonchev–Trinajstić information content (AvgIpc) is 3.07. The molecule has 0 radical (unpaired) electrons. The number of guanidine groups is 1. The quantitative estimate of drug-likeness (QED) is 0.393. The van der Waals surface area contributed by atoms with E-state index in [0.717, 1.165) is 36.7 Å². The molecule has 1 aromatic heterocycles. The SMILES string of the molecule is CCNC(=NCc1ccc(-n2cncn2)cc1)NCCC(C)C.I. The molecule has 0 unspecified atom stereocenters. The predicted molar refractivity (Wildman–Crippen MR) is 109 cm³/mol. The minimum atomic E-state index is 0. The van der Waals surface area contributed by atoms with Crippen molar-refractivity contribution in [3.8, 4) is 5.69 Å². The maximum Gasteiger partial charge on any atom is 0.191 e. The second-order valence-electron chi connectivity index (χ2n) is 5.81. The summed E-state index contributed by atoms with van der Waals surface area (Å²) in [4.78, 5) is 8.59. The zero-order chi connectivity index (χ0) is 16.5. The molecule has 6 nitrogen and oxygen atoms in total. The van der Waals surface area contributed by atoms with Crippen LogP contribution in [-0.2, 0) is 6.54 Å². The van der Waals surface area contributed by atoms with Crippen LogP contribution in [0.15, 0.2) is 41.9 Å². The standard InChI is InChI=1S/C17H26N6.HI/c1-4-19-17(20-10-9-14(2)3)21-11-15-5-7-16(8-6-15)23-13-18-12-22-23;/h5-8,12-14H,4,9-11H2,1-3H3,(H2,19,20,21);1H. The third-order valence-corrected chi connectivity index (χ3v) is 3.40. The topological polar surface area (TPSA) is 67.1 Å². The van der Waals surface area contributed by atoms with Gasteiger partial charge in [0.1, 0.15) is 12.7 Å². The lowest BCUT2D eigenvalue weighted by molar-refractivity contribution is 0.573. The molecular weight excluding hydrogens is 415 g/mol. The van der Waals surface area contributed by atoms with Gasteiger partial charge in [-0.2, -0.15) is 5.10 Å². The summed E-state index contributed by atoms with van der Waals surface area (Å²) in [6.07, 6.45) is 4.36. The first-order valence-electron chi connectivity index (χ1n) is 8.15. The Balaban J connectivity index is 0.00000288. The molecule has 132 valence electrons. The monoisotopic (exact) mass is 442 g/mol. The Kier molecular flexibility index (Phi) is 9.36. The molecule has 2 rings (SSSR count). The first-order chi connectivity index (χ1) is 11.2. The lowest BCUT2D eigenvalue weighted by atomic mass is 10.1. The lowest BCUT2D eigenvalue weighted by Gasteiger charge is -2.12. The molecule has 0 aliphatic heterocycles. The molecule has 0 spiro atoms. The first kappa shape index (κ1) is 20.4. The normalized spacial score (nSPS) is 11.2. The molecule has 7 heteroatoms. The van der Waals surface area contributed by atoms with Gasteiger partial charge in [-0.1, -0.05) is 26.0 Å². The highest BCUT2D eigenvalue weighted by molar-refractivity contribution is 14.0. The maximum absolute atomic E-state index is 4.63. The molecule has 0 aliphatic carbocycles. The Bertz CT molecular complexity index is 592. The molecule has 0 aliphatic rings. The van der Waals surface area contributed by atoms with Gasteiger partial charge in [-0.05, 0) is 37.0 Å². The number of rotatable bonds is 7. The molecule has 2 N–H and O–H groups in total. The van der Waals surface area contributed by atoms with E-state index in [2.05, 4.69) is 58.6 Å². The van der Waals surface area contributed by atoms with Gasteiger partial charge in [0.15, 0.2) is 5.96 Å². The van der Waals surface area contributed by atoms with Gasteiger partial charge in [-0.25, -0.2) is 14.7 Å². The van der Waals surface area contributed by atoms with Gasteiger partial charge >= 0.3 is 0 Å². The zero-order valence-electron chi connectivity index (χ0n) is 14.6.